The number of hydrogen-bond donors (Lipinski definition) is 0. The third kappa shape index (κ3) is 3.91. The molecule has 2 heterocycles. The van der Waals surface area contributed by atoms with Crippen LogP contribution >= 0.6 is 0 Å². The van der Waals surface area contributed by atoms with Crippen molar-refractivity contribution in [1.82, 2.24) is 9.97 Å². The van der Waals surface area contributed by atoms with Crippen molar-refractivity contribution < 1.29 is 8.42 Å². The van der Waals surface area contributed by atoms with Gasteiger partial charge >= 0.3 is 0 Å². The number of nitrogens with zero attached hydrogens (tertiary/aromatic N) is 2. The first-order chi connectivity index (χ1) is 14.0. The zero-order chi connectivity index (χ0) is 20.4. The minimum Gasteiger partial charge on any atom is -0.265 e. The Hall–Kier alpha value is -3.05. The van der Waals surface area contributed by atoms with Crippen molar-refractivity contribution in [2.24, 2.45) is 0 Å². The second-order valence-electron chi connectivity index (χ2n) is 7.19. The number of hydrogen-bond acceptors (Lipinski definition) is 4. The van der Waals surface area contributed by atoms with Gasteiger partial charge in [0.1, 0.15) is 0 Å². The normalized spacial score (nSPS) is 12.8. The molecule has 0 aliphatic heterocycles. The summed E-state index contributed by atoms with van der Waals surface area (Å²) in [6.07, 6.45) is 7.15. The van der Waals surface area contributed by atoms with E-state index >= 15 is 0 Å². The Morgan fingerprint density at radius 3 is 2.34 bits per heavy atom. The third-order valence-corrected chi connectivity index (χ3v) is 6.81. The van der Waals surface area contributed by atoms with Crippen LogP contribution in [0.5, 0.6) is 0 Å². The SMILES string of the molecule is CCC(c1cc(-c2cccc(-c3ccncc3)c2)c2ncccc2c1)S(C)(=O)=O. The molecule has 0 amide bonds. The smallest absolute Gasteiger partial charge is 0.154 e. The maximum Gasteiger partial charge on any atom is 0.154 e. The van der Waals surface area contributed by atoms with Crippen LogP contribution in [0.1, 0.15) is 24.2 Å². The van der Waals surface area contributed by atoms with Gasteiger partial charge in [0.05, 0.1) is 10.8 Å². The molecule has 0 fully saturated rings. The van der Waals surface area contributed by atoms with Crippen LogP contribution in [0.4, 0.5) is 0 Å². The van der Waals surface area contributed by atoms with Crippen molar-refractivity contribution in [2.75, 3.05) is 6.26 Å². The van der Waals surface area contributed by atoms with Crippen molar-refractivity contribution in [3.63, 3.8) is 0 Å². The van der Waals surface area contributed by atoms with E-state index in [4.69, 9.17) is 0 Å². The summed E-state index contributed by atoms with van der Waals surface area (Å²) in [6.45, 7) is 1.91. The lowest BCUT2D eigenvalue weighted by Gasteiger charge is -2.17. The standard InChI is InChI=1S/C24H22N2O2S/c1-3-23(29(2,27)28)21-15-20-8-5-11-26-24(20)22(16-21)19-7-4-6-18(14-19)17-9-12-25-13-10-17/h4-16,23H,3H2,1-2H3. The number of benzene rings is 2. The lowest BCUT2D eigenvalue weighted by atomic mass is 9.95. The van der Waals surface area contributed by atoms with Crippen LogP contribution in [0, 0.1) is 0 Å². The molecule has 2 aromatic heterocycles. The fraction of sp³-hybridized carbons (Fsp3) is 0.167. The largest absolute Gasteiger partial charge is 0.265 e. The Morgan fingerprint density at radius 1 is 0.862 bits per heavy atom. The summed E-state index contributed by atoms with van der Waals surface area (Å²) in [4.78, 5) is 8.68. The topological polar surface area (TPSA) is 59.9 Å². The Balaban J connectivity index is 1.94. The first-order valence-corrected chi connectivity index (χ1v) is 11.5. The van der Waals surface area contributed by atoms with Crippen molar-refractivity contribution in [3.8, 4) is 22.3 Å². The highest BCUT2D eigenvalue weighted by Crippen LogP contribution is 2.35. The van der Waals surface area contributed by atoms with Crippen LogP contribution in [0.2, 0.25) is 0 Å². The summed E-state index contributed by atoms with van der Waals surface area (Å²) >= 11 is 0. The van der Waals surface area contributed by atoms with Crippen LogP contribution < -0.4 is 0 Å². The molecule has 1 unspecified atom stereocenters. The van der Waals surface area contributed by atoms with Crippen molar-refractivity contribution >= 4 is 20.7 Å². The lowest BCUT2D eigenvalue weighted by molar-refractivity contribution is 0.585. The molecule has 0 saturated heterocycles. The molecular weight excluding hydrogens is 380 g/mol. The summed E-state index contributed by atoms with van der Waals surface area (Å²) < 4.78 is 24.7. The number of pyridine rings is 2. The first-order valence-electron chi connectivity index (χ1n) is 9.55. The van der Waals surface area contributed by atoms with E-state index in [1.165, 1.54) is 6.26 Å². The summed E-state index contributed by atoms with van der Waals surface area (Å²) in [5.41, 5.74) is 5.78. The molecule has 0 aliphatic carbocycles. The quantitative estimate of drug-likeness (QED) is 0.445. The minimum atomic E-state index is -3.21. The maximum absolute atomic E-state index is 12.4. The number of fused-ring (bicyclic) bond motifs is 1. The molecule has 0 radical (unpaired) electrons. The molecule has 4 rings (SSSR count). The summed E-state index contributed by atoms with van der Waals surface area (Å²) in [5.74, 6) is 0. The van der Waals surface area contributed by atoms with Gasteiger partial charge in [0.25, 0.3) is 0 Å². The summed E-state index contributed by atoms with van der Waals surface area (Å²) in [6, 6.07) is 20.0. The third-order valence-electron chi connectivity index (χ3n) is 5.17. The van der Waals surface area contributed by atoms with Crippen LogP contribution in [0.15, 0.2) is 79.3 Å². The highest BCUT2D eigenvalue weighted by atomic mass is 32.2. The van der Waals surface area contributed by atoms with Gasteiger partial charge < -0.3 is 0 Å². The van der Waals surface area contributed by atoms with Gasteiger partial charge in [0, 0.05) is 35.8 Å². The lowest BCUT2D eigenvalue weighted by Crippen LogP contribution is -2.10. The molecule has 2 aromatic carbocycles. The van der Waals surface area contributed by atoms with E-state index in [1.54, 1.807) is 18.6 Å². The predicted molar refractivity (Wildman–Crippen MR) is 118 cm³/mol. The fourth-order valence-electron chi connectivity index (χ4n) is 3.82. The monoisotopic (exact) mass is 402 g/mol. The molecule has 29 heavy (non-hydrogen) atoms. The van der Waals surface area contributed by atoms with E-state index in [-0.39, 0.29) is 0 Å². The zero-order valence-corrected chi connectivity index (χ0v) is 17.2. The van der Waals surface area contributed by atoms with E-state index < -0.39 is 15.1 Å². The molecule has 1 atom stereocenters. The molecule has 4 nitrogen and oxygen atoms in total. The molecular formula is C24H22N2O2S. The second-order valence-corrected chi connectivity index (χ2v) is 9.41. The van der Waals surface area contributed by atoms with Gasteiger partial charge in [-0.15, -0.1) is 0 Å². The number of sulfone groups is 1. The van der Waals surface area contributed by atoms with Crippen molar-refractivity contribution in [2.45, 2.75) is 18.6 Å². The Labute approximate surface area is 171 Å². The molecule has 4 aromatic rings. The van der Waals surface area contributed by atoms with Gasteiger partial charge in [-0.3, -0.25) is 9.97 Å². The molecule has 0 spiro atoms. The maximum atomic E-state index is 12.4. The van der Waals surface area contributed by atoms with Crippen LogP contribution in [-0.4, -0.2) is 24.6 Å². The number of rotatable bonds is 5. The molecule has 146 valence electrons. The summed E-state index contributed by atoms with van der Waals surface area (Å²) in [5, 5.41) is 0.408. The average molecular weight is 403 g/mol. The highest BCUT2D eigenvalue weighted by molar-refractivity contribution is 7.90. The van der Waals surface area contributed by atoms with E-state index in [9.17, 15) is 8.42 Å². The van der Waals surface area contributed by atoms with E-state index in [0.29, 0.717) is 6.42 Å². The Morgan fingerprint density at radius 2 is 1.62 bits per heavy atom. The molecule has 0 saturated carbocycles. The van der Waals surface area contributed by atoms with Crippen LogP contribution in [0.25, 0.3) is 33.2 Å². The zero-order valence-electron chi connectivity index (χ0n) is 16.4. The number of aromatic nitrogens is 2. The van der Waals surface area contributed by atoms with Gasteiger partial charge in [-0.25, -0.2) is 8.42 Å². The second kappa shape index (κ2) is 7.76. The first kappa shape index (κ1) is 19.3. The van der Waals surface area contributed by atoms with E-state index in [2.05, 4.69) is 22.1 Å². The highest BCUT2D eigenvalue weighted by Gasteiger charge is 2.22. The van der Waals surface area contributed by atoms with Gasteiger partial charge in [-0.05, 0) is 65.1 Å². The molecule has 0 aliphatic rings. The van der Waals surface area contributed by atoms with Crippen LogP contribution in [0.3, 0.4) is 0 Å². The summed E-state index contributed by atoms with van der Waals surface area (Å²) in [7, 11) is -3.21. The van der Waals surface area contributed by atoms with E-state index in [1.807, 2.05) is 55.5 Å². The molecule has 5 heteroatoms. The fourth-order valence-corrected chi connectivity index (χ4v) is 5.05. The van der Waals surface area contributed by atoms with Gasteiger partial charge in [0.15, 0.2) is 9.84 Å². The Bertz CT molecular complexity index is 1270. The van der Waals surface area contributed by atoms with Gasteiger partial charge in [-0.1, -0.05) is 31.2 Å². The molecule has 0 N–H and O–H groups in total. The molecule has 0 bridgehead atoms. The van der Waals surface area contributed by atoms with Crippen molar-refractivity contribution in [3.05, 3.63) is 84.8 Å². The van der Waals surface area contributed by atoms with Gasteiger partial charge in [0.2, 0.25) is 0 Å². The van der Waals surface area contributed by atoms with E-state index in [0.717, 1.165) is 38.7 Å². The van der Waals surface area contributed by atoms with Crippen LogP contribution in [-0.2, 0) is 9.84 Å². The Kier molecular flexibility index (Phi) is 5.16. The van der Waals surface area contributed by atoms with Crippen molar-refractivity contribution in [1.29, 1.82) is 0 Å². The predicted octanol–water partition coefficient (Wildman–Crippen LogP) is 5.46. The van der Waals surface area contributed by atoms with Gasteiger partial charge in [-0.2, -0.15) is 0 Å². The average Bonchev–Trinajstić information content (AvgIpc) is 2.73. The minimum absolute atomic E-state index is 0.529.